The first-order chi connectivity index (χ1) is 8.46. The van der Waals surface area contributed by atoms with E-state index in [2.05, 4.69) is 35.7 Å². The molecule has 1 fully saturated rings. The van der Waals surface area contributed by atoms with Crippen LogP contribution in [0.25, 0.3) is 0 Å². The van der Waals surface area contributed by atoms with Crippen molar-refractivity contribution in [3.8, 4) is 0 Å². The average molecular weight is 315 g/mol. The maximum atomic E-state index is 9.81. The zero-order valence-corrected chi connectivity index (χ0v) is 12.4. The molecule has 1 aromatic rings. The molecule has 2 rings (SSSR count). The van der Waals surface area contributed by atoms with Crippen molar-refractivity contribution in [2.45, 2.75) is 19.4 Å². The maximum Gasteiger partial charge on any atom is 0.146 e. The third-order valence-corrected chi connectivity index (χ3v) is 3.49. The lowest BCUT2D eigenvalue weighted by atomic mass is 10.1. The monoisotopic (exact) mass is 314 g/mol. The van der Waals surface area contributed by atoms with Gasteiger partial charge in [0, 0.05) is 38.9 Å². The van der Waals surface area contributed by atoms with E-state index < -0.39 is 5.60 Å². The quantitative estimate of drug-likeness (QED) is 0.906. The lowest BCUT2D eigenvalue weighted by Gasteiger charge is -2.37. The van der Waals surface area contributed by atoms with E-state index in [1.807, 2.05) is 13.8 Å². The van der Waals surface area contributed by atoms with Crippen molar-refractivity contribution in [1.82, 2.24) is 14.9 Å². The molecular weight excluding hydrogens is 296 g/mol. The van der Waals surface area contributed by atoms with E-state index in [9.17, 15) is 5.11 Å². The fraction of sp³-hybridized carbons (Fsp3) is 0.667. The predicted molar refractivity (Wildman–Crippen MR) is 74.7 cm³/mol. The summed E-state index contributed by atoms with van der Waals surface area (Å²) >= 11 is 3.48. The molecule has 0 aliphatic carbocycles. The van der Waals surface area contributed by atoms with Crippen molar-refractivity contribution in [3.63, 3.8) is 0 Å². The first-order valence-corrected chi connectivity index (χ1v) is 6.90. The molecule has 1 aromatic heterocycles. The van der Waals surface area contributed by atoms with Crippen LogP contribution in [0.2, 0.25) is 0 Å². The second-order valence-electron chi connectivity index (χ2n) is 5.27. The van der Waals surface area contributed by atoms with E-state index >= 15 is 0 Å². The number of aromatic nitrogens is 2. The Morgan fingerprint density at radius 3 is 2.56 bits per heavy atom. The summed E-state index contributed by atoms with van der Waals surface area (Å²) in [5.74, 6) is 0.952. The van der Waals surface area contributed by atoms with Gasteiger partial charge in [-0.25, -0.2) is 9.97 Å². The summed E-state index contributed by atoms with van der Waals surface area (Å²) in [5, 5.41) is 9.81. The Morgan fingerprint density at radius 2 is 2.00 bits per heavy atom. The summed E-state index contributed by atoms with van der Waals surface area (Å²) in [7, 11) is 0. The highest BCUT2D eigenvalue weighted by atomic mass is 79.9. The van der Waals surface area contributed by atoms with Crippen molar-refractivity contribution >= 4 is 21.7 Å². The molecule has 0 bridgehead atoms. The molecule has 0 radical (unpaired) electrons. The van der Waals surface area contributed by atoms with E-state index in [-0.39, 0.29) is 0 Å². The molecule has 6 heteroatoms. The van der Waals surface area contributed by atoms with Gasteiger partial charge in [0.25, 0.3) is 0 Å². The summed E-state index contributed by atoms with van der Waals surface area (Å²) in [6, 6.07) is 0. The molecule has 1 aliphatic heterocycles. The van der Waals surface area contributed by atoms with E-state index in [0.717, 1.165) is 36.5 Å². The Labute approximate surface area is 116 Å². The highest BCUT2D eigenvalue weighted by Crippen LogP contribution is 2.23. The highest BCUT2D eigenvalue weighted by Gasteiger charge is 2.23. The van der Waals surface area contributed by atoms with Crippen LogP contribution in [0.15, 0.2) is 17.0 Å². The summed E-state index contributed by atoms with van der Waals surface area (Å²) < 4.78 is 0.931. The molecule has 0 saturated carbocycles. The molecule has 18 heavy (non-hydrogen) atoms. The molecule has 0 unspecified atom stereocenters. The van der Waals surface area contributed by atoms with Crippen LogP contribution in [0.3, 0.4) is 0 Å². The first kappa shape index (κ1) is 13.7. The molecule has 1 N–H and O–H groups in total. The van der Waals surface area contributed by atoms with Gasteiger partial charge in [-0.3, -0.25) is 4.90 Å². The van der Waals surface area contributed by atoms with Crippen molar-refractivity contribution in [2.75, 3.05) is 37.6 Å². The first-order valence-electron chi connectivity index (χ1n) is 6.11. The number of halogens is 1. The minimum Gasteiger partial charge on any atom is -0.389 e. The molecule has 0 spiro atoms. The van der Waals surface area contributed by atoms with Crippen LogP contribution >= 0.6 is 15.9 Å². The van der Waals surface area contributed by atoms with Gasteiger partial charge in [-0.1, -0.05) is 0 Å². The smallest absolute Gasteiger partial charge is 0.146 e. The lowest BCUT2D eigenvalue weighted by molar-refractivity contribution is 0.0344. The number of piperazine rings is 1. The molecule has 0 aromatic carbocycles. The minimum absolute atomic E-state index is 0.627. The summed E-state index contributed by atoms with van der Waals surface area (Å²) in [5.41, 5.74) is -0.627. The molecule has 1 aliphatic rings. The topological polar surface area (TPSA) is 52.5 Å². The largest absolute Gasteiger partial charge is 0.389 e. The number of anilines is 1. The van der Waals surface area contributed by atoms with E-state index in [1.54, 1.807) is 12.5 Å². The Kier molecular flexibility index (Phi) is 4.19. The van der Waals surface area contributed by atoms with Crippen LogP contribution in [0.4, 0.5) is 5.82 Å². The van der Waals surface area contributed by atoms with E-state index in [1.165, 1.54) is 0 Å². The van der Waals surface area contributed by atoms with Gasteiger partial charge in [0.1, 0.15) is 12.1 Å². The fourth-order valence-corrected chi connectivity index (χ4v) is 2.68. The van der Waals surface area contributed by atoms with Gasteiger partial charge in [0.15, 0.2) is 0 Å². The SMILES string of the molecule is CC(C)(O)CN1CCN(c2ncncc2Br)CC1. The van der Waals surface area contributed by atoms with Gasteiger partial charge in [-0.2, -0.15) is 0 Å². The van der Waals surface area contributed by atoms with Gasteiger partial charge >= 0.3 is 0 Å². The minimum atomic E-state index is -0.627. The molecule has 0 amide bonds. The zero-order valence-electron chi connectivity index (χ0n) is 10.8. The number of β-amino-alcohol motifs (C(OH)–C–C–N with tert-alkyl or cyclic N) is 1. The van der Waals surface area contributed by atoms with E-state index in [0.29, 0.717) is 6.54 Å². The van der Waals surface area contributed by atoms with Gasteiger partial charge in [-0.05, 0) is 29.8 Å². The summed E-state index contributed by atoms with van der Waals surface area (Å²) in [4.78, 5) is 12.8. The Bertz CT molecular complexity index is 399. The lowest BCUT2D eigenvalue weighted by Crippen LogP contribution is -2.50. The van der Waals surface area contributed by atoms with Crippen LogP contribution in [-0.4, -0.2) is 58.3 Å². The Balaban J connectivity index is 1.93. The van der Waals surface area contributed by atoms with Crippen molar-refractivity contribution in [1.29, 1.82) is 0 Å². The van der Waals surface area contributed by atoms with Gasteiger partial charge in [0.2, 0.25) is 0 Å². The second-order valence-corrected chi connectivity index (χ2v) is 6.12. The number of nitrogens with zero attached hydrogens (tertiary/aromatic N) is 4. The van der Waals surface area contributed by atoms with Crippen molar-refractivity contribution in [3.05, 3.63) is 17.0 Å². The zero-order chi connectivity index (χ0) is 13.2. The predicted octanol–water partition coefficient (Wildman–Crippen LogP) is 1.13. The van der Waals surface area contributed by atoms with Gasteiger partial charge < -0.3 is 10.0 Å². The van der Waals surface area contributed by atoms with Crippen LogP contribution in [-0.2, 0) is 0 Å². The molecule has 100 valence electrons. The standard InChI is InChI=1S/C12H19BrN4O/c1-12(2,18)8-16-3-5-17(6-4-16)11-10(13)7-14-9-15-11/h7,9,18H,3-6,8H2,1-2H3. The molecule has 1 saturated heterocycles. The number of hydrogen-bond acceptors (Lipinski definition) is 5. The summed E-state index contributed by atoms with van der Waals surface area (Å²) in [6.45, 7) is 8.14. The highest BCUT2D eigenvalue weighted by molar-refractivity contribution is 9.10. The molecule has 5 nitrogen and oxygen atoms in total. The van der Waals surface area contributed by atoms with Gasteiger partial charge in [-0.15, -0.1) is 0 Å². The van der Waals surface area contributed by atoms with Crippen molar-refractivity contribution in [2.24, 2.45) is 0 Å². The third-order valence-electron chi connectivity index (χ3n) is 2.93. The molecule has 0 atom stereocenters. The van der Waals surface area contributed by atoms with Gasteiger partial charge in [0.05, 0.1) is 10.1 Å². The molecular formula is C12H19BrN4O. The fourth-order valence-electron chi connectivity index (χ4n) is 2.20. The second kappa shape index (κ2) is 5.50. The Morgan fingerprint density at radius 1 is 1.33 bits per heavy atom. The number of aliphatic hydroxyl groups is 1. The third kappa shape index (κ3) is 3.63. The maximum absolute atomic E-state index is 9.81. The van der Waals surface area contributed by atoms with E-state index in [4.69, 9.17) is 0 Å². The normalized spacial score (nSPS) is 18.1. The average Bonchev–Trinajstić information content (AvgIpc) is 2.29. The van der Waals surface area contributed by atoms with Crippen LogP contribution in [0, 0.1) is 0 Å². The number of rotatable bonds is 3. The van der Waals surface area contributed by atoms with Crippen molar-refractivity contribution < 1.29 is 5.11 Å². The van der Waals surface area contributed by atoms with Crippen LogP contribution < -0.4 is 4.90 Å². The summed E-state index contributed by atoms with van der Waals surface area (Å²) in [6.07, 6.45) is 3.34. The number of hydrogen-bond donors (Lipinski definition) is 1. The van der Waals surface area contributed by atoms with Crippen LogP contribution in [0.5, 0.6) is 0 Å². The molecule has 2 heterocycles. The van der Waals surface area contributed by atoms with Crippen LogP contribution in [0.1, 0.15) is 13.8 Å². The Hall–Kier alpha value is -0.720.